The number of carbonyl (C=O) groups excluding carboxylic acids is 1. The van der Waals surface area contributed by atoms with Crippen molar-refractivity contribution in [2.24, 2.45) is 0 Å². The van der Waals surface area contributed by atoms with Crippen molar-refractivity contribution in [2.75, 3.05) is 31.1 Å². The zero-order valence-corrected chi connectivity index (χ0v) is 16.9. The van der Waals surface area contributed by atoms with E-state index >= 15 is 0 Å². The molecule has 1 aliphatic rings. The van der Waals surface area contributed by atoms with Gasteiger partial charge in [-0.25, -0.2) is 4.98 Å². The van der Waals surface area contributed by atoms with Crippen molar-refractivity contribution in [1.29, 1.82) is 0 Å². The first kappa shape index (κ1) is 18.9. The summed E-state index contributed by atoms with van der Waals surface area (Å²) >= 11 is 1.74. The average Bonchev–Trinajstić information content (AvgIpc) is 3.01. The van der Waals surface area contributed by atoms with Crippen LogP contribution < -0.4 is 10.2 Å². The number of amides is 1. The molecule has 2 heterocycles. The fourth-order valence-corrected chi connectivity index (χ4v) is 4.24. The van der Waals surface area contributed by atoms with Crippen molar-refractivity contribution >= 4 is 22.4 Å². The Balaban J connectivity index is 1.54. The number of nitrogens with one attached hydrogen (secondary N) is 1. The highest BCUT2D eigenvalue weighted by Gasteiger charge is 2.22. The van der Waals surface area contributed by atoms with Crippen LogP contribution in [-0.2, 0) is 16.9 Å². The molecule has 140 valence electrons. The summed E-state index contributed by atoms with van der Waals surface area (Å²) in [5.41, 5.74) is 3.20. The molecule has 0 radical (unpaired) electrons. The fraction of sp³-hybridized carbons (Fsp3) is 0.500. The molecule has 0 bridgehead atoms. The number of aryl methyl sites for hydroxylation is 1. The second-order valence-electron chi connectivity index (χ2n) is 7.54. The highest BCUT2D eigenvalue weighted by atomic mass is 32.1. The number of benzene rings is 1. The summed E-state index contributed by atoms with van der Waals surface area (Å²) in [4.78, 5) is 20.8. The van der Waals surface area contributed by atoms with Crippen molar-refractivity contribution in [3.8, 4) is 0 Å². The monoisotopic (exact) mass is 372 g/mol. The maximum atomic E-state index is 11.4. The molecule has 5 nitrogen and oxygen atoms in total. The predicted octanol–water partition coefficient (Wildman–Crippen LogP) is 3.14. The smallest absolute Gasteiger partial charge is 0.217 e. The molecule has 1 saturated heterocycles. The van der Waals surface area contributed by atoms with Crippen LogP contribution in [0.3, 0.4) is 0 Å². The lowest BCUT2D eigenvalue weighted by atomic mass is 9.93. The number of anilines is 1. The summed E-state index contributed by atoms with van der Waals surface area (Å²) in [6, 6.07) is 8.60. The molecule has 0 unspecified atom stereocenters. The molecule has 6 heteroatoms. The maximum absolute atomic E-state index is 11.4. The molecule has 0 spiro atoms. The molecule has 1 aliphatic heterocycles. The van der Waals surface area contributed by atoms with Gasteiger partial charge in [-0.3, -0.25) is 9.69 Å². The second-order valence-corrected chi connectivity index (χ2v) is 8.37. The van der Waals surface area contributed by atoms with Gasteiger partial charge in [-0.05, 0) is 31.9 Å². The Morgan fingerprint density at radius 3 is 2.38 bits per heavy atom. The van der Waals surface area contributed by atoms with E-state index in [0.29, 0.717) is 0 Å². The molecule has 0 atom stereocenters. The van der Waals surface area contributed by atoms with Gasteiger partial charge < -0.3 is 10.2 Å². The van der Waals surface area contributed by atoms with Crippen LogP contribution in [0.15, 0.2) is 29.6 Å². The summed E-state index contributed by atoms with van der Waals surface area (Å²) in [7, 11) is 0. The van der Waals surface area contributed by atoms with Crippen LogP contribution in [0.1, 0.15) is 37.6 Å². The zero-order chi connectivity index (χ0) is 18.7. The van der Waals surface area contributed by atoms with Gasteiger partial charge in [-0.1, -0.05) is 24.3 Å². The van der Waals surface area contributed by atoms with E-state index in [4.69, 9.17) is 0 Å². The third-order valence-corrected chi connectivity index (χ3v) is 5.84. The number of thiazole rings is 1. The fourth-order valence-electron chi connectivity index (χ4n) is 3.38. The molecule has 1 N–H and O–H groups in total. The lowest BCUT2D eigenvalue weighted by Crippen LogP contribution is -2.46. The van der Waals surface area contributed by atoms with E-state index in [1.807, 2.05) is 20.8 Å². The molecule has 2 aromatic rings. The van der Waals surface area contributed by atoms with E-state index in [9.17, 15) is 4.79 Å². The first-order chi connectivity index (χ1) is 12.3. The number of piperazine rings is 1. The topological polar surface area (TPSA) is 48.5 Å². The van der Waals surface area contributed by atoms with E-state index in [1.54, 1.807) is 18.3 Å². The van der Waals surface area contributed by atoms with Crippen molar-refractivity contribution < 1.29 is 4.79 Å². The number of nitrogens with zero attached hydrogens (tertiary/aromatic N) is 3. The molecular formula is C20H28N4OS. The quantitative estimate of drug-likeness (QED) is 0.876. The summed E-state index contributed by atoms with van der Waals surface area (Å²) in [5.74, 6) is -0.00706. The Morgan fingerprint density at radius 1 is 1.19 bits per heavy atom. The van der Waals surface area contributed by atoms with Gasteiger partial charge in [0.1, 0.15) is 0 Å². The van der Waals surface area contributed by atoms with Crippen LogP contribution in [0.5, 0.6) is 0 Å². The van der Waals surface area contributed by atoms with Crippen molar-refractivity contribution in [1.82, 2.24) is 15.2 Å². The predicted molar refractivity (Wildman–Crippen MR) is 108 cm³/mol. The largest absolute Gasteiger partial charge is 0.347 e. The average molecular weight is 373 g/mol. The highest BCUT2D eigenvalue weighted by Crippen LogP contribution is 2.23. The van der Waals surface area contributed by atoms with Crippen LogP contribution in [0.2, 0.25) is 0 Å². The summed E-state index contributed by atoms with van der Waals surface area (Å²) < 4.78 is 0. The molecule has 3 rings (SSSR count). The van der Waals surface area contributed by atoms with Crippen molar-refractivity contribution in [3.05, 3.63) is 46.5 Å². The van der Waals surface area contributed by atoms with Crippen molar-refractivity contribution in [3.63, 3.8) is 0 Å². The van der Waals surface area contributed by atoms with E-state index in [1.165, 1.54) is 5.56 Å². The Morgan fingerprint density at radius 2 is 1.85 bits per heavy atom. The van der Waals surface area contributed by atoms with E-state index < -0.39 is 0 Å². The summed E-state index contributed by atoms with van der Waals surface area (Å²) in [6.45, 7) is 12.8. The molecule has 0 aliphatic carbocycles. The minimum Gasteiger partial charge on any atom is -0.347 e. The van der Waals surface area contributed by atoms with Gasteiger partial charge in [0.2, 0.25) is 5.91 Å². The van der Waals surface area contributed by atoms with Gasteiger partial charge in [0, 0.05) is 45.0 Å². The third kappa shape index (κ3) is 4.62. The van der Waals surface area contributed by atoms with Gasteiger partial charge in [-0.15, -0.1) is 11.3 Å². The molecular weight excluding hydrogens is 344 g/mol. The summed E-state index contributed by atoms with van der Waals surface area (Å²) in [5, 5.41) is 6.26. The number of hydrogen-bond acceptors (Lipinski definition) is 5. The molecule has 0 saturated carbocycles. The second kappa shape index (κ2) is 7.76. The lowest BCUT2D eigenvalue weighted by Gasteiger charge is -2.34. The SMILES string of the molecule is CC(=O)NC(C)(C)c1ccc(CN2CCN(c3nc(C)cs3)CC2)cc1. The molecule has 1 amide bonds. The van der Waals surface area contributed by atoms with E-state index in [2.05, 4.69) is 49.7 Å². The first-order valence-electron chi connectivity index (χ1n) is 9.11. The first-order valence-corrected chi connectivity index (χ1v) is 9.99. The maximum Gasteiger partial charge on any atom is 0.217 e. The van der Waals surface area contributed by atoms with Gasteiger partial charge in [0.15, 0.2) is 5.13 Å². The lowest BCUT2D eigenvalue weighted by molar-refractivity contribution is -0.120. The number of rotatable bonds is 5. The normalized spacial score (nSPS) is 15.9. The number of carbonyl (C=O) groups is 1. The molecule has 1 aromatic heterocycles. The van der Waals surface area contributed by atoms with Crippen LogP contribution in [-0.4, -0.2) is 42.0 Å². The Bertz CT molecular complexity index is 745. The van der Waals surface area contributed by atoms with Gasteiger partial charge in [-0.2, -0.15) is 0 Å². The Hall–Kier alpha value is -1.92. The number of aromatic nitrogens is 1. The molecule has 26 heavy (non-hydrogen) atoms. The van der Waals surface area contributed by atoms with Gasteiger partial charge in [0.25, 0.3) is 0 Å². The third-order valence-electron chi connectivity index (χ3n) is 4.82. The molecule has 1 fully saturated rings. The minimum absolute atomic E-state index is 0.00706. The molecule has 1 aromatic carbocycles. The zero-order valence-electron chi connectivity index (χ0n) is 16.1. The minimum atomic E-state index is -0.345. The Labute approximate surface area is 160 Å². The standard InChI is InChI=1S/C20H28N4OS/c1-15-14-26-19(21-15)24-11-9-23(10-12-24)13-17-5-7-18(8-6-17)20(3,4)22-16(2)25/h5-8,14H,9-13H2,1-4H3,(H,22,25). The Kier molecular flexibility index (Phi) is 5.63. The van der Waals surface area contributed by atoms with Crippen LogP contribution in [0, 0.1) is 6.92 Å². The van der Waals surface area contributed by atoms with Crippen LogP contribution >= 0.6 is 11.3 Å². The summed E-state index contributed by atoms with van der Waals surface area (Å²) in [6.07, 6.45) is 0. The van der Waals surface area contributed by atoms with Crippen LogP contribution in [0.4, 0.5) is 5.13 Å². The van der Waals surface area contributed by atoms with Crippen LogP contribution in [0.25, 0.3) is 0 Å². The van der Waals surface area contributed by atoms with Gasteiger partial charge in [0.05, 0.1) is 11.2 Å². The van der Waals surface area contributed by atoms with E-state index in [-0.39, 0.29) is 11.4 Å². The highest BCUT2D eigenvalue weighted by molar-refractivity contribution is 7.13. The van der Waals surface area contributed by atoms with Crippen molar-refractivity contribution in [2.45, 2.75) is 39.8 Å². The van der Waals surface area contributed by atoms with Gasteiger partial charge >= 0.3 is 0 Å². The number of hydrogen-bond donors (Lipinski definition) is 1. The van der Waals surface area contributed by atoms with E-state index in [0.717, 1.165) is 49.1 Å².